The Morgan fingerprint density at radius 1 is 1.23 bits per heavy atom. The van der Waals surface area contributed by atoms with Gasteiger partial charge in [-0.15, -0.1) is 0 Å². The van der Waals surface area contributed by atoms with Gasteiger partial charge in [-0.25, -0.2) is 4.98 Å². The number of anilines is 1. The second-order valence-corrected chi connectivity index (χ2v) is 5.96. The third-order valence-electron chi connectivity index (χ3n) is 3.13. The van der Waals surface area contributed by atoms with Crippen LogP contribution in [0.25, 0.3) is 10.2 Å². The molecule has 1 heterocycles. The summed E-state index contributed by atoms with van der Waals surface area (Å²) < 4.78 is 1.05. The number of rotatable bonds is 3. The molecule has 0 spiro atoms. The van der Waals surface area contributed by atoms with E-state index in [4.69, 9.17) is 0 Å². The van der Waals surface area contributed by atoms with E-state index in [1.54, 1.807) is 6.21 Å². The molecule has 0 atom stereocenters. The fourth-order valence-corrected chi connectivity index (χ4v) is 3.11. The van der Waals surface area contributed by atoms with Crippen LogP contribution in [0.1, 0.15) is 18.1 Å². The number of hydrazone groups is 1. The first-order valence-corrected chi connectivity index (χ1v) is 7.72. The number of amides is 1. The molecule has 1 aromatic heterocycles. The number of thiazole rings is 1. The number of nitrogens with zero attached hydrogens (tertiary/aromatic N) is 3. The van der Waals surface area contributed by atoms with Gasteiger partial charge in [0.05, 0.1) is 16.4 Å². The zero-order valence-electron chi connectivity index (χ0n) is 12.4. The van der Waals surface area contributed by atoms with E-state index in [1.165, 1.54) is 28.8 Å². The van der Waals surface area contributed by atoms with E-state index in [9.17, 15) is 4.79 Å². The lowest BCUT2D eigenvalue weighted by Crippen LogP contribution is -2.22. The molecule has 1 amide bonds. The van der Waals surface area contributed by atoms with E-state index < -0.39 is 0 Å². The second-order valence-electron chi connectivity index (χ2n) is 4.95. The highest BCUT2D eigenvalue weighted by Crippen LogP contribution is 2.29. The Balaban J connectivity index is 1.96. The van der Waals surface area contributed by atoms with Crippen molar-refractivity contribution in [3.05, 3.63) is 59.7 Å². The summed E-state index contributed by atoms with van der Waals surface area (Å²) in [5.41, 5.74) is 2.99. The van der Waals surface area contributed by atoms with Gasteiger partial charge >= 0.3 is 0 Å². The van der Waals surface area contributed by atoms with Gasteiger partial charge in [0, 0.05) is 6.92 Å². The van der Waals surface area contributed by atoms with Crippen molar-refractivity contribution < 1.29 is 4.79 Å². The molecule has 0 saturated heterocycles. The Bertz CT molecular complexity index is 839. The number of aromatic nitrogens is 1. The molecule has 0 aliphatic carbocycles. The zero-order chi connectivity index (χ0) is 15.5. The summed E-state index contributed by atoms with van der Waals surface area (Å²) in [7, 11) is 0. The first-order chi connectivity index (χ1) is 10.6. The fraction of sp³-hybridized carbons (Fsp3) is 0.118. The number of fused-ring (bicyclic) bond motifs is 1. The van der Waals surface area contributed by atoms with Gasteiger partial charge in [0.2, 0.25) is 11.0 Å². The molecule has 0 bridgehead atoms. The SMILES string of the molecule is CC(=O)N(/N=C\c1ccccc1)c1nc2ccc(C)cc2s1. The van der Waals surface area contributed by atoms with Crippen LogP contribution in [0.5, 0.6) is 0 Å². The minimum absolute atomic E-state index is 0.164. The summed E-state index contributed by atoms with van der Waals surface area (Å²) in [5, 5.41) is 6.21. The average molecular weight is 309 g/mol. The normalized spacial score (nSPS) is 11.2. The minimum Gasteiger partial charge on any atom is -0.273 e. The molecule has 4 nitrogen and oxygen atoms in total. The second kappa shape index (κ2) is 6.07. The van der Waals surface area contributed by atoms with Crippen molar-refractivity contribution in [3.63, 3.8) is 0 Å². The van der Waals surface area contributed by atoms with Crippen LogP contribution >= 0.6 is 11.3 Å². The third kappa shape index (κ3) is 3.04. The number of aryl methyl sites for hydroxylation is 1. The van der Waals surface area contributed by atoms with Gasteiger partial charge in [-0.1, -0.05) is 47.7 Å². The molecule has 22 heavy (non-hydrogen) atoms. The van der Waals surface area contributed by atoms with Gasteiger partial charge in [-0.2, -0.15) is 10.1 Å². The molecule has 0 saturated carbocycles. The predicted molar refractivity (Wildman–Crippen MR) is 91.6 cm³/mol. The van der Waals surface area contributed by atoms with Crippen LogP contribution in [0.15, 0.2) is 53.6 Å². The molecule has 0 aliphatic rings. The van der Waals surface area contributed by atoms with Crippen molar-refractivity contribution in [1.82, 2.24) is 4.98 Å². The first-order valence-electron chi connectivity index (χ1n) is 6.90. The van der Waals surface area contributed by atoms with Crippen LogP contribution in [0.2, 0.25) is 0 Å². The van der Waals surface area contributed by atoms with Crippen molar-refractivity contribution in [1.29, 1.82) is 0 Å². The summed E-state index contributed by atoms with van der Waals surface area (Å²) >= 11 is 1.46. The van der Waals surface area contributed by atoms with Crippen molar-refractivity contribution in [2.75, 3.05) is 5.01 Å². The Morgan fingerprint density at radius 3 is 2.73 bits per heavy atom. The number of benzene rings is 2. The monoisotopic (exact) mass is 309 g/mol. The van der Waals surface area contributed by atoms with Gasteiger partial charge in [0.1, 0.15) is 0 Å². The Kier molecular flexibility index (Phi) is 3.98. The van der Waals surface area contributed by atoms with Gasteiger partial charge in [-0.3, -0.25) is 4.79 Å². The summed E-state index contributed by atoms with van der Waals surface area (Å²) in [6.07, 6.45) is 1.67. The maximum absolute atomic E-state index is 11.9. The number of hydrogen-bond acceptors (Lipinski definition) is 4. The molecule has 110 valence electrons. The van der Waals surface area contributed by atoms with Crippen LogP contribution < -0.4 is 5.01 Å². The van der Waals surface area contributed by atoms with E-state index in [0.29, 0.717) is 5.13 Å². The summed E-state index contributed by atoms with van der Waals surface area (Å²) in [4.78, 5) is 16.4. The van der Waals surface area contributed by atoms with Crippen LogP contribution in [0, 0.1) is 6.92 Å². The lowest BCUT2D eigenvalue weighted by atomic mass is 10.2. The molecular formula is C17H15N3OS. The Hall–Kier alpha value is -2.53. The fourth-order valence-electron chi connectivity index (χ4n) is 2.04. The lowest BCUT2D eigenvalue weighted by Gasteiger charge is -2.10. The maximum Gasteiger partial charge on any atom is 0.246 e. The minimum atomic E-state index is -0.164. The zero-order valence-corrected chi connectivity index (χ0v) is 13.2. The molecule has 0 aliphatic heterocycles. The topological polar surface area (TPSA) is 45.6 Å². The quantitative estimate of drug-likeness (QED) is 0.542. The molecule has 0 N–H and O–H groups in total. The highest BCUT2D eigenvalue weighted by molar-refractivity contribution is 7.22. The molecule has 2 aromatic carbocycles. The van der Waals surface area contributed by atoms with Crippen LogP contribution in [-0.4, -0.2) is 17.1 Å². The third-order valence-corrected chi connectivity index (χ3v) is 4.13. The van der Waals surface area contributed by atoms with Crippen LogP contribution in [0.4, 0.5) is 5.13 Å². The number of carbonyl (C=O) groups is 1. The molecular weight excluding hydrogens is 294 g/mol. The predicted octanol–water partition coefficient (Wildman–Crippen LogP) is 3.99. The molecule has 0 fully saturated rings. The first kappa shape index (κ1) is 14.4. The summed E-state index contributed by atoms with van der Waals surface area (Å²) in [5.74, 6) is -0.164. The van der Waals surface area contributed by atoms with Crippen molar-refractivity contribution >= 4 is 38.8 Å². The average Bonchev–Trinajstić information content (AvgIpc) is 2.90. The maximum atomic E-state index is 11.9. The van der Waals surface area contributed by atoms with Gasteiger partial charge in [0.25, 0.3) is 0 Å². The van der Waals surface area contributed by atoms with Gasteiger partial charge in [-0.05, 0) is 30.2 Å². The number of hydrogen-bond donors (Lipinski definition) is 0. The Morgan fingerprint density at radius 2 is 2.00 bits per heavy atom. The molecule has 3 aromatic rings. The van der Waals surface area contributed by atoms with E-state index >= 15 is 0 Å². The van der Waals surface area contributed by atoms with Crippen molar-refractivity contribution in [2.45, 2.75) is 13.8 Å². The highest BCUT2D eigenvalue weighted by atomic mass is 32.1. The smallest absolute Gasteiger partial charge is 0.246 e. The lowest BCUT2D eigenvalue weighted by molar-refractivity contribution is -0.116. The van der Waals surface area contributed by atoms with E-state index in [2.05, 4.69) is 16.2 Å². The Labute approximate surface area is 132 Å². The number of carbonyl (C=O) groups excluding carboxylic acids is 1. The van der Waals surface area contributed by atoms with Gasteiger partial charge < -0.3 is 0 Å². The van der Waals surface area contributed by atoms with Gasteiger partial charge in [0.15, 0.2) is 0 Å². The standard InChI is InChI=1S/C17H15N3OS/c1-12-8-9-15-16(10-12)22-17(19-15)20(13(2)21)18-11-14-6-4-3-5-7-14/h3-11H,1-2H3/b18-11-. The van der Waals surface area contributed by atoms with E-state index in [0.717, 1.165) is 15.8 Å². The molecule has 0 radical (unpaired) electrons. The molecule has 3 rings (SSSR count). The van der Waals surface area contributed by atoms with E-state index in [1.807, 2.05) is 49.4 Å². The highest BCUT2D eigenvalue weighted by Gasteiger charge is 2.15. The summed E-state index contributed by atoms with van der Waals surface area (Å²) in [6.45, 7) is 3.52. The summed E-state index contributed by atoms with van der Waals surface area (Å²) in [6, 6.07) is 15.7. The van der Waals surface area contributed by atoms with Crippen LogP contribution in [-0.2, 0) is 4.79 Å². The van der Waals surface area contributed by atoms with Crippen LogP contribution in [0.3, 0.4) is 0 Å². The van der Waals surface area contributed by atoms with Crippen molar-refractivity contribution in [3.8, 4) is 0 Å². The van der Waals surface area contributed by atoms with E-state index in [-0.39, 0.29) is 5.91 Å². The molecule has 5 heteroatoms. The van der Waals surface area contributed by atoms with Crippen molar-refractivity contribution in [2.24, 2.45) is 5.10 Å². The molecule has 0 unspecified atom stereocenters. The largest absolute Gasteiger partial charge is 0.273 e.